The lowest BCUT2D eigenvalue weighted by molar-refractivity contribution is 0.0270. The van der Waals surface area contributed by atoms with Gasteiger partial charge in [-0.2, -0.15) is 0 Å². The number of benzene rings is 5. The molecule has 10 aromatic rings. The number of ether oxygens (including phenoxy) is 14. The Morgan fingerprint density at radius 2 is 0.479 bits per heavy atom. The fraction of sp³-hybridized carbons (Fsp3) is 0.293. The molecule has 0 aliphatic carbocycles. The summed E-state index contributed by atoms with van der Waals surface area (Å²) >= 11 is 0. The lowest BCUT2D eigenvalue weighted by Gasteiger charge is -2.11. The molecule has 0 N–H and O–H groups in total. The smallest absolute Gasteiger partial charge is 0.137 e. The quantitative estimate of drug-likeness (QED) is 0.103. The Labute approximate surface area is 547 Å². The first kappa shape index (κ1) is 65.8. The summed E-state index contributed by atoms with van der Waals surface area (Å²) < 4.78 is 81.6. The molecule has 0 unspecified atom stereocenters. The summed E-state index contributed by atoms with van der Waals surface area (Å²) in [6.07, 6.45) is 9.11. The number of nitrogens with zero attached hydrogens (tertiary/aromatic N) is 5. The molecule has 18 bridgehead atoms. The predicted octanol–water partition coefficient (Wildman–Crippen LogP) is 13.2. The lowest BCUT2D eigenvalue weighted by atomic mass is 10.1. The highest BCUT2D eigenvalue weighted by Crippen LogP contribution is 2.31. The third-order valence-corrected chi connectivity index (χ3v) is 14.6. The van der Waals surface area contributed by atoms with Crippen LogP contribution in [0.1, 0.15) is 12.8 Å². The average molecular weight is 1270 g/mol. The van der Waals surface area contributed by atoms with Crippen molar-refractivity contribution in [3.63, 3.8) is 0 Å². The molecule has 0 spiro atoms. The molecule has 13 heterocycles. The topological polar surface area (TPSA) is 194 Å². The van der Waals surface area contributed by atoms with Gasteiger partial charge in [0.2, 0.25) is 0 Å². The van der Waals surface area contributed by atoms with Crippen LogP contribution in [0, 0.1) is 0 Å². The zero-order valence-electron chi connectivity index (χ0n) is 52.6. The molecule has 5 aromatic heterocycles. The summed E-state index contributed by atoms with van der Waals surface area (Å²) in [5.74, 6) is 5.78. The van der Waals surface area contributed by atoms with Crippen LogP contribution in [0.25, 0.3) is 67.1 Å². The van der Waals surface area contributed by atoms with E-state index >= 15 is 0 Å². The van der Waals surface area contributed by atoms with Crippen molar-refractivity contribution >= 4 is 21.8 Å². The van der Waals surface area contributed by atoms with Crippen LogP contribution in [0.2, 0.25) is 0 Å². The average Bonchev–Trinajstić information content (AvgIpc) is 0.810. The van der Waals surface area contributed by atoms with E-state index in [0.717, 1.165) is 109 Å². The highest BCUT2D eigenvalue weighted by molar-refractivity contribution is 6.04. The van der Waals surface area contributed by atoms with Gasteiger partial charge in [-0.1, -0.05) is 42.5 Å². The number of fused-ring (bicyclic) bond motifs is 4. The van der Waals surface area contributed by atoms with Crippen LogP contribution in [0.4, 0.5) is 0 Å². The summed E-state index contributed by atoms with van der Waals surface area (Å²) in [7, 11) is 0. The Morgan fingerprint density at radius 1 is 0.213 bits per heavy atom. The van der Waals surface area contributed by atoms with Gasteiger partial charge in [0.1, 0.15) is 85.6 Å². The molecule has 0 saturated heterocycles. The molecule has 19 nitrogen and oxygen atoms in total. The third kappa shape index (κ3) is 20.9. The van der Waals surface area contributed by atoms with Gasteiger partial charge < -0.3 is 66.3 Å². The van der Waals surface area contributed by atoms with Crippen LogP contribution < -0.4 is 37.9 Å². The van der Waals surface area contributed by atoms with Crippen molar-refractivity contribution in [1.82, 2.24) is 24.9 Å². The summed E-state index contributed by atoms with van der Waals surface area (Å²) in [5, 5.41) is 2.02. The second-order valence-electron chi connectivity index (χ2n) is 21.3. The zero-order valence-corrected chi connectivity index (χ0v) is 52.6. The predicted molar refractivity (Wildman–Crippen MR) is 359 cm³/mol. The third-order valence-electron chi connectivity index (χ3n) is 14.6. The summed E-state index contributed by atoms with van der Waals surface area (Å²) in [6.45, 7) is 8.67. The molecule has 0 saturated carbocycles. The Hall–Kier alpha value is -9.73. The Balaban J connectivity index is 0.613. The summed E-state index contributed by atoms with van der Waals surface area (Å²) in [6, 6.07) is 56.7. The molecule has 0 radical (unpaired) electrons. The normalized spacial score (nSPS) is 16.1. The van der Waals surface area contributed by atoms with Crippen molar-refractivity contribution in [3.8, 4) is 91.3 Å². The van der Waals surface area contributed by atoms with Crippen molar-refractivity contribution in [2.75, 3.05) is 132 Å². The minimum absolute atomic E-state index is 0.370. The van der Waals surface area contributed by atoms with Gasteiger partial charge in [0.05, 0.1) is 150 Å². The van der Waals surface area contributed by atoms with Crippen LogP contribution >= 0.6 is 0 Å². The molecular formula is C75H77N5O14. The van der Waals surface area contributed by atoms with Gasteiger partial charge in [-0.15, -0.1) is 0 Å². The van der Waals surface area contributed by atoms with Gasteiger partial charge >= 0.3 is 0 Å². The standard InChI is InChI=1S/C75H77N5O14/c1-2-4-35-88-66-28-32-70(76-54-66)72-6-5-7-73(78-72)71-33-29-67(55-77-71)94-53-47-86-41-40-85-46-52-93-65-26-24-64(25-27-65)92-51-45-84-39-37-82-43-49-90-61-18-12-57(13-19-61)69-31-15-59-9-8-58-14-30-68(79-74(58)75(59)80-69)56-10-16-60(17-11-56)89-48-42-81-36-38-83-44-50-91-63-22-20-62(21-23-63)87-34-3-1/h1-2,5-33,54-55H,3-4,34-53H2/b2-1+. The molecule has 0 amide bonds. The number of hydrogen-bond donors (Lipinski definition) is 0. The van der Waals surface area contributed by atoms with E-state index in [2.05, 4.69) is 46.4 Å². The van der Waals surface area contributed by atoms with Crippen LogP contribution in [-0.2, 0) is 28.4 Å². The molecule has 8 aliphatic heterocycles. The van der Waals surface area contributed by atoms with Gasteiger partial charge in [-0.25, -0.2) is 15.0 Å². The number of pyridine rings is 5. The van der Waals surface area contributed by atoms with E-state index in [0.29, 0.717) is 149 Å². The fourth-order valence-electron chi connectivity index (χ4n) is 9.75. The molecule has 486 valence electrons. The van der Waals surface area contributed by atoms with Gasteiger partial charge in [-0.05, 0) is 158 Å². The Morgan fingerprint density at radius 3 is 0.809 bits per heavy atom. The van der Waals surface area contributed by atoms with E-state index < -0.39 is 0 Å². The van der Waals surface area contributed by atoms with Gasteiger partial charge in [0, 0.05) is 21.9 Å². The van der Waals surface area contributed by atoms with Gasteiger partial charge in [-0.3, -0.25) is 9.97 Å². The monoisotopic (exact) mass is 1270 g/mol. The highest BCUT2D eigenvalue weighted by atomic mass is 16.6. The number of hydrogen-bond acceptors (Lipinski definition) is 19. The van der Waals surface area contributed by atoms with Crippen molar-refractivity contribution in [2.24, 2.45) is 0 Å². The molecule has 18 rings (SSSR count). The molecule has 8 aliphatic rings. The fourth-order valence-corrected chi connectivity index (χ4v) is 9.75. The highest BCUT2D eigenvalue weighted by Gasteiger charge is 2.12. The molecule has 94 heavy (non-hydrogen) atoms. The summed E-state index contributed by atoms with van der Waals surface area (Å²) in [4.78, 5) is 24.3. The van der Waals surface area contributed by atoms with E-state index in [9.17, 15) is 0 Å². The van der Waals surface area contributed by atoms with Crippen LogP contribution in [-0.4, -0.2) is 157 Å². The van der Waals surface area contributed by atoms with Crippen LogP contribution in [0.15, 0.2) is 200 Å². The van der Waals surface area contributed by atoms with Crippen molar-refractivity contribution in [1.29, 1.82) is 0 Å². The molecule has 0 fully saturated rings. The van der Waals surface area contributed by atoms with Gasteiger partial charge in [0.25, 0.3) is 0 Å². The van der Waals surface area contributed by atoms with E-state index in [1.54, 1.807) is 12.4 Å². The SMILES string of the molecule is C1=C/CCOc2ccc(nc2)-c2cccc(n2)-c2ccc(cn2)OCCOCCOCCOc2ccc(cc2)OCCOCCOCCOc2ccc(cc2)-c2ccc3ccc4ccc(nc4c3n2)-c2ccc(cc2)OCCOCCOCCOc2ccc(cc2)OCC/1. The number of rotatable bonds is 0. The van der Waals surface area contributed by atoms with Crippen molar-refractivity contribution in [2.45, 2.75) is 12.8 Å². The first-order valence-electron chi connectivity index (χ1n) is 31.8. The second-order valence-corrected chi connectivity index (χ2v) is 21.3. The maximum Gasteiger partial charge on any atom is 0.137 e. The molecule has 19 heteroatoms. The lowest BCUT2D eigenvalue weighted by Crippen LogP contribution is -2.13. The first-order chi connectivity index (χ1) is 46.6. The molecule has 0 atom stereocenters. The zero-order chi connectivity index (χ0) is 63.9. The van der Waals surface area contributed by atoms with Gasteiger partial charge in [0.15, 0.2) is 0 Å². The second kappa shape index (κ2) is 36.5. The molecular weight excluding hydrogens is 1190 g/mol. The summed E-state index contributed by atoms with van der Waals surface area (Å²) in [5.41, 5.74) is 8.20. The van der Waals surface area contributed by atoms with Crippen LogP contribution in [0.5, 0.6) is 46.0 Å². The van der Waals surface area contributed by atoms with E-state index in [-0.39, 0.29) is 0 Å². The van der Waals surface area contributed by atoms with Crippen molar-refractivity contribution < 1.29 is 66.3 Å². The van der Waals surface area contributed by atoms with Crippen molar-refractivity contribution in [3.05, 3.63) is 200 Å². The maximum absolute atomic E-state index is 5.98. The number of aromatic nitrogens is 5. The largest absolute Gasteiger partial charge is 0.493 e. The van der Waals surface area contributed by atoms with E-state index in [1.807, 2.05) is 152 Å². The maximum atomic E-state index is 5.98. The minimum atomic E-state index is 0.370. The van der Waals surface area contributed by atoms with Crippen LogP contribution in [0.3, 0.4) is 0 Å². The van der Waals surface area contributed by atoms with E-state index in [4.69, 9.17) is 81.3 Å². The Bertz CT molecular complexity index is 3880. The Kier molecular flexibility index (Phi) is 25.5. The van der Waals surface area contributed by atoms with E-state index in [1.165, 1.54) is 0 Å². The first-order valence-corrected chi connectivity index (χ1v) is 31.8. The molecule has 5 aromatic carbocycles. The minimum Gasteiger partial charge on any atom is -0.493 e.